The van der Waals surface area contributed by atoms with Gasteiger partial charge in [-0.3, -0.25) is 14.5 Å². The molecule has 0 N–H and O–H groups in total. The molecule has 2 amide bonds. The SMILES string of the molecule is CCn1c(CN2C(=O)c3ccccc3C2=O)[n+](CC)c2ccccc21.[I-]. The van der Waals surface area contributed by atoms with Crippen LogP contribution < -0.4 is 28.5 Å². The van der Waals surface area contributed by atoms with Crippen molar-refractivity contribution < 1.29 is 38.1 Å². The fourth-order valence-electron chi connectivity index (χ4n) is 3.75. The van der Waals surface area contributed by atoms with Crippen LogP contribution in [0.25, 0.3) is 11.0 Å². The molecule has 0 unspecified atom stereocenters. The molecule has 1 aliphatic rings. The Morgan fingerprint density at radius 3 is 2.04 bits per heavy atom. The lowest BCUT2D eigenvalue weighted by atomic mass is 10.1. The van der Waals surface area contributed by atoms with Crippen molar-refractivity contribution in [3.8, 4) is 0 Å². The fourth-order valence-corrected chi connectivity index (χ4v) is 3.75. The average molecular weight is 461 g/mol. The number of para-hydroxylation sites is 2. The molecule has 1 aromatic heterocycles. The average Bonchev–Trinajstić information content (AvgIpc) is 3.08. The number of carbonyl (C=O) groups excluding carboxylic acids is 2. The van der Waals surface area contributed by atoms with Crippen LogP contribution in [0.2, 0.25) is 0 Å². The number of halogens is 1. The van der Waals surface area contributed by atoms with Gasteiger partial charge in [0.05, 0.1) is 24.2 Å². The molecule has 2 heterocycles. The normalized spacial score (nSPS) is 13.2. The van der Waals surface area contributed by atoms with Gasteiger partial charge in [-0.2, -0.15) is 0 Å². The van der Waals surface area contributed by atoms with Crippen LogP contribution in [0.4, 0.5) is 0 Å². The summed E-state index contributed by atoms with van der Waals surface area (Å²) in [5, 5.41) is 0. The standard InChI is InChI=1S/C20H20N3O2.HI/c1-3-21-16-11-7-8-12-17(16)22(4-2)18(21)13-23-19(24)14-9-5-6-10-15(14)20(23)25;/h5-12H,3-4,13H2,1-2H3;1H/q+1;/p-1. The maximum atomic E-state index is 12.7. The molecule has 1 aliphatic heterocycles. The van der Waals surface area contributed by atoms with Gasteiger partial charge in [-0.15, -0.1) is 0 Å². The highest BCUT2D eigenvalue weighted by Crippen LogP contribution is 2.25. The first-order valence-electron chi connectivity index (χ1n) is 8.62. The van der Waals surface area contributed by atoms with E-state index < -0.39 is 0 Å². The summed E-state index contributed by atoms with van der Waals surface area (Å²) < 4.78 is 4.37. The van der Waals surface area contributed by atoms with Crippen molar-refractivity contribution in [2.75, 3.05) is 0 Å². The molecule has 2 aromatic carbocycles. The Hall–Kier alpha value is -2.22. The summed E-state index contributed by atoms with van der Waals surface area (Å²) in [5.74, 6) is 0.549. The maximum absolute atomic E-state index is 12.7. The zero-order chi connectivity index (χ0) is 17.6. The third kappa shape index (κ3) is 2.63. The van der Waals surface area contributed by atoms with Gasteiger partial charge in [0.1, 0.15) is 6.54 Å². The molecular formula is C20H20IN3O2. The van der Waals surface area contributed by atoms with Crippen molar-refractivity contribution in [3.05, 3.63) is 65.5 Å². The second-order valence-electron chi connectivity index (χ2n) is 6.14. The van der Waals surface area contributed by atoms with Crippen LogP contribution in [-0.4, -0.2) is 21.3 Å². The zero-order valence-corrected chi connectivity index (χ0v) is 16.9. The largest absolute Gasteiger partial charge is 1.00 e. The van der Waals surface area contributed by atoms with Crippen molar-refractivity contribution in [1.82, 2.24) is 9.47 Å². The van der Waals surface area contributed by atoms with Crippen LogP contribution in [0.15, 0.2) is 48.5 Å². The Morgan fingerprint density at radius 1 is 0.885 bits per heavy atom. The Balaban J connectivity index is 0.00000196. The first kappa shape index (κ1) is 18.6. The monoisotopic (exact) mass is 461 g/mol. The van der Waals surface area contributed by atoms with E-state index in [1.807, 2.05) is 12.1 Å². The summed E-state index contributed by atoms with van der Waals surface area (Å²) >= 11 is 0. The lowest BCUT2D eigenvalue weighted by molar-refractivity contribution is -0.677. The molecule has 4 rings (SSSR count). The summed E-state index contributed by atoms with van der Waals surface area (Å²) in [6.07, 6.45) is 0. The number of hydrogen-bond donors (Lipinski definition) is 0. The minimum atomic E-state index is -0.212. The van der Waals surface area contributed by atoms with E-state index in [4.69, 9.17) is 0 Å². The minimum absolute atomic E-state index is 0. The number of amides is 2. The summed E-state index contributed by atoms with van der Waals surface area (Å²) in [4.78, 5) is 26.8. The van der Waals surface area contributed by atoms with Crippen molar-refractivity contribution in [2.45, 2.75) is 33.5 Å². The van der Waals surface area contributed by atoms with E-state index in [1.165, 1.54) is 4.90 Å². The molecule has 0 saturated carbocycles. The maximum Gasteiger partial charge on any atom is 0.277 e. The Kier molecular flexibility index (Phi) is 5.13. The minimum Gasteiger partial charge on any atom is -1.00 e. The van der Waals surface area contributed by atoms with Crippen molar-refractivity contribution >= 4 is 22.8 Å². The first-order chi connectivity index (χ1) is 12.2. The van der Waals surface area contributed by atoms with E-state index in [-0.39, 0.29) is 42.3 Å². The molecule has 0 saturated heterocycles. The number of aromatic nitrogens is 2. The molecule has 6 heteroatoms. The van der Waals surface area contributed by atoms with Crippen LogP contribution in [0, 0.1) is 0 Å². The predicted molar refractivity (Wildman–Crippen MR) is 94.1 cm³/mol. The summed E-state index contributed by atoms with van der Waals surface area (Å²) in [6, 6.07) is 15.2. The van der Waals surface area contributed by atoms with E-state index in [2.05, 4.69) is 35.1 Å². The third-order valence-corrected chi connectivity index (χ3v) is 4.90. The second kappa shape index (κ2) is 7.19. The molecular weight excluding hydrogens is 441 g/mol. The highest BCUT2D eigenvalue weighted by Gasteiger charge is 2.38. The molecule has 0 bridgehead atoms. The molecule has 0 atom stereocenters. The van der Waals surface area contributed by atoms with Gasteiger partial charge in [-0.25, -0.2) is 9.13 Å². The second-order valence-corrected chi connectivity index (χ2v) is 6.14. The lowest BCUT2D eigenvalue weighted by Gasteiger charge is -2.12. The van der Waals surface area contributed by atoms with Crippen molar-refractivity contribution in [2.24, 2.45) is 0 Å². The van der Waals surface area contributed by atoms with Gasteiger partial charge >= 0.3 is 0 Å². The highest BCUT2D eigenvalue weighted by atomic mass is 127. The molecule has 5 nitrogen and oxygen atoms in total. The van der Waals surface area contributed by atoms with E-state index in [0.717, 1.165) is 29.9 Å². The molecule has 0 radical (unpaired) electrons. The summed E-state index contributed by atoms with van der Waals surface area (Å²) in [6.45, 7) is 6.01. The van der Waals surface area contributed by atoms with Crippen LogP contribution >= 0.6 is 0 Å². The van der Waals surface area contributed by atoms with Crippen molar-refractivity contribution in [1.29, 1.82) is 0 Å². The van der Waals surface area contributed by atoms with E-state index in [9.17, 15) is 9.59 Å². The van der Waals surface area contributed by atoms with Gasteiger partial charge in [0.15, 0.2) is 11.0 Å². The fraction of sp³-hybridized carbons (Fsp3) is 0.250. The molecule has 0 aliphatic carbocycles. The molecule has 0 spiro atoms. The van der Waals surface area contributed by atoms with Crippen LogP contribution in [-0.2, 0) is 19.6 Å². The van der Waals surface area contributed by atoms with E-state index >= 15 is 0 Å². The van der Waals surface area contributed by atoms with Gasteiger partial charge in [0.2, 0.25) is 0 Å². The van der Waals surface area contributed by atoms with Gasteiger partial charge in [-0.05, 0) is 38.1 Å². The van der Waals surface area contributed by atoms with Gasteiger partial charge < -0.3 is 24.0 Å². The first-order valence-corrected chi connectivity index (χ1v) is 8.62. The molecule has 134 valence electrons. The molecule has 0 fully saturated rings. The van der Waals surface area contributed by atoms with Crippen LogP contribution in [0.3, 0.4) is 0 Å². The van der Waals surface area contributed by atoms with Gasteiger partial charge in [0, 0.05) is 0 Å². The number of nitrogens with zero attached hydrogens (tertiary/aromatic N) is 3. The topological polar surface area (TPSA) is 46.2 Å². The van der Waals surface area contributed by atoms with E-state index in [0.29, 0.717) is 11.1 Å². The Bertz CT molecular complexity index is 933. The number of imidazole rings is 1. The summed E-state index contributed by atoms with van der Waals surface area (Å²) in [5.41, 5.74) is 3.24. The number of hydrogen-bond acceptors (Lipinski definition) is 2. The Morgan fingerprint density at radius 2 is 1.46 bits per heavy atom. The van der Waals surface area contributed by atoms with Crippen LogP contribution in [0.1, 0.15) is 40.4 Å². The number of benzene rings is 2. The van der Waals surface area contributed by atoms with Crippen molar-refractivity contribution in [3.63, 3.8) is 0 Å². The smallest absolute Gasteiger partial charge is 0.277 e. The molecule has 26 heavy (non-hydrogen) atoms. The predicted octanol–water partition coefficient (Wildman–Crippen LogP) is -0.231. The van der Waals surface area contributed by atoms with Gasteiger partial charge in [0.25, 0.3) is 17.6 Å². The van der Waals surface area contributed by atoms with Crippen LogP contribution in [0.5, 0.6) is 0 Å². The number of aryl methyl sites for hydroxylation is 2. The highest BCUT2D eigenvalue weighted by molar-refractivity contribution is 6.21. The summed E-state index contributed by atoms with van der Waals surface area (Å²) in [7, 11) is 0. The molecule has 3 aromatic rings. The number of imide groups is 1. The van der Waals surface area contributed by atoms with E-state index in [1.54, 1.807) is 24.3 Å². The van der Waals surface area contributed by atoms with Gasteiger partial charge in [-0.1, -0.05) is 24.3 Å². The number of fused-ring (bicyclic) bond motifs is 2. The third-order valence-electron chi connectivity index (χ3n) is 4.90. The number of carbonyl (C=O) groups is 2. The number of rotatable bonds is 4. The Labute approximate surface area is 169 Å². The lowest BCUT2D eigenvalue weighted by Crippen LogP contribution is -3.00. The zero-order valence-electron chi connectivity index (χ0n) is 14.8. The quantitative estimate of drug-likeness (QED) is 0.306.